The van der Waals surface area contributed by atoms with Gasteiger partial charge in [0.1, 0.15) is 11.6 Å². The Kier molecular flexibility index (Phi) is 3.92. The van der Waals surface area contributed by atoms with Crippen molar-refractivity contribution in [3.8, 4) is 5.75 Å². The minimum absolute atomic E-state index is 0.417. The molecular weight excluding hydrogens is 250 g/mol. The van der Waals surface area contributed by atoms with E-state index in [1.165, 1.54) is 12.8 Å². The van der Waals surface area contributed by atoms with Crippen LogP contribution in [0.1, 0.15) is 38.4 Å². The first-order chi connectivity index (χ1) is 9.72. The van der Waals surface area contributed by atoms with Crippen molar-refractivity contribution in [2.75, 3.05) is 19.7 Å². The van der Waals surface area contributed by atoms with Crippen LogP contribution in [0.4, 0.5) is 0 Å². The van der Waals surface area contributed by atoms with Gasteiger partial charge in [-0.15, -0.1) is 0 Å². The molecule has 1 fully saturated rings. The molecule has 20 heavy (non-hydrogen) atoms. The molecule has 4 heteroatoms. The first-order valence-corrected chi connectivity index (χ1v) is 7.55. The molecule has 2 heterocycles. The van der Waals surface area contributed by atoms with E-state index in [2.05, 4.69) is 35.2 Å². The largest absolute Gasteiger partial charge is 0.493 e. The minimum atomic E-state index is 0.417. The number of aromatic nitrogens is 2. The number of benzene rings is 1. The molecule has 0 bridgehead atoms. The van der Waals surface area contributed by atoms with Crippen molar-refractivity contribution in [2.24, 2.45) is 5.92 Å². The van der Waals surface area contributed by atoms with Crippen molar-refractivity contribution >= 4 is 11.0 Å². The maximum absolute atomic E-state index is 5.94. The summed E-state index contributed by atoms with van der Waals surface area (Å²) >= 11 is 0. The predicted molar refractivity (Wildman–Crippen MR) is 81.3 cm³/mol. The zero-order chi connectivity index (χ0) is 13.9. The molecule has 108 valence electrons. The van der Waals surface area contributed by atoms with Crippen LogP contribution in [0.5, 0.6) is 5.75 Å². The fraction of sp³-hybridized carbons (Fsp3) is 0.562. The number of hydrogen-bond donors (Lipinski definition) is 2. The summed E-state index contributed by atoms with van der Waals surface area (Å²) in [5.41, 5.74) is 2.08. The van der Waals surface area contributed by atoms with Crippen LogP contribution in [-0.2, 0) is 0 Å². The smallest absolute Gasteiger partial charge is 0.121 e. The number of imidazole rings is 1. The molecule has 0 aliphatic carbocycles. The van der Waals surface area contributed by atoms with E-state index >= 15 is 0 Å². The van der Waals surface area contributed by atoms with E-state index in [0.717, 1.165) is 42.3 Å². The summed E-state index contributed by atoms with van der Waals surface area (Å²) in [6.45, 7) is 7.30. The number of nitrogens with zero attached hydrogens (tertiary/aromatic N) is 1. The summed E-state index contributed by atoms with van der Waals surface area (Å²) in [5, 5.41) is 3.42. The van der Waals surface area contributed by atoms with Gasteiger partial charge in [-0.05, 0) is 31.5 Å². The summed E-state index contributed by atoms with van der Waals surface area (Å²) in [5.74, 6) is 3.02. The standard InChI is InChI=1S/C16H23N3O/c1-11(2)16-18-14-6-5-13(8-15(14)19-16)20-10-12-4-3-7-17-9-12/h5-6,8,11-12,17H,3-4,7,9-10H2,1-2H3,(H,18,19). The average Bonchev–Trinajstić information content (AvgIpc) is 2.89. The second-order valence-electron chi connectivity index (χ2n) is 5.98. The van der Waals surface area contributed by atoms with Crippen molar-refractivity contribution in [1.82, 2.24) is 15.3 Å². The van der Waals surface area contributed by atoms with Crippen LogP contribution in [-0.4, -0.2) is 29.7 Å². The molecule has 2 aromatic rings. The quantitative estimate of drug-likeness (QED) is 0.900. The van der Waals surface area contributed by atoms with Crippen molar-refractivity contribution in [2.45, 2.75) is 32.6 Å². The Morgan fingerprint density at radius 3 is 3.05 bits per heavy atom. The van der Waals surface area contributed by atoms with Gasteiger partial charge in [-0.1, -0.05) is 13.8 Å². The molecule has 0 saturated carbocycles. The first kappa shape index (κ1) is 13.4. The Balaban J connectivity index is 1.68. The lowest BCUT2D eigenvalue weighted by Gasteiger charge is -2.22. The third kappa shape index (κ3) is 2.96. The summed E-state index contributed by atoms with van der Waals surface area (Å²) in [6, 6.07) is 6.11. The van der Waals surface area contributed by atoms with Gasteiger partial charge in [0.25, 0.3) is 0 Å². The van der Waals surface area contributed by atoms with Crippen LogP contribution in [0, 0.1) is 5.92 Å². The second kappa shape index (κ2) is 5.83. The maximum Gasteiger partial charge on any atom is 0.121 e. The summed E-state index contributed by atoms with van der Waals surface area (Å²) in [7, 11) is 0. The van der Waals surface area contributed by atoms with E-state index in [9.17, 15) is 0 Å². The van der Waals surface area contributed by atoms with Crippen molar-refractivity contribution in [3.63, 3.8) is 0 Å². The van der Waals surface area contributed by atoms with E-state index in [1.54, 1.807) is 0 Å². The molecule has 1 aliphatic heterocycles. The molecule has 1 atom stereocenters. The molecule has 1 aromatic heterocycles. The molecule has 1 unspecified atom stereocenters. The molecule has 3 rings (SSSR count). The van der Waals surface area contributed by atoms with Crippen molar-refractivity contribution < 1.29 is 4.74 Å². The fourth-order valence-electron chi connectivity index (χ4n) is 2.65. The molecule has 0 spiro atoms. The van der Waals surface area contributed by atoms with Crippen molar-refractivity contribution in [3.05, 3.63) is 24.0 Å². The molecule has 1 aromatic carbocycles. The third-order valence-corrected chi connectivity index (χ3v) is 3.90. The van der Waals surface area contributed by atoms with Crippen LogP contribution in [0.25, 0.3) is 11.0 Å². The topological polar surface area (TPSA) is 49.9 Å². The van der Waals surface area contributed by atoms with Crippen LogP contribution < -0.4 is 10.1 Å². The number of fused-ring (bicyclic) bond motifs is 1. The second-order valence-corrected chi connectivity index (χ2v) is 5.98. The summed E-state index contributed by atoms with van der Waals surface area (Å²) < 4.78 is 5.94. The highest BCUT2D eigenvalue weighted by atomic mass is 16.5. The molecule has 1 aliphatic rings. The number of ether oxygens (including phenoxy) is 1. The molecule has 2 N–H and O–H groups in total. The number of aromatic amines is 1. The van der Waals surface area contributed by atoms with Gasteiger partial charge in [-0.3, -0.25) is 0 Å². The number of rotatable bonds is 4. The minimum Gasteiger partial charge on any atom is -0.493 e. The summed E-state index contributed by atoms with van der Waals surface area (Å²) in [4.78, 5) is 7.95. The Labute approximate surface area is 119 Å². The monoisotopic (exact) mass is 273 g/mol. The zero-order valence-corrected chi connectivity index (χ0v) is 12.3. The lowest BCUT2D eigenvalue weighted by atomic mass is 10.0. The van der Waals surface area contributed by atoms with Gasteiger partial charge in [-0.25, -0.2) is 4.98 Å². The normalized spacial score (nSPS) is 19.6. The van der Waals surface area contributed by atoms with E-state index in [-0.39, 0.29) is 0 Å². The first-order valence-electron chi connectivity index (χ1n) is 7.55. The van der Waals surface area contributed by atoms with Gasteiger partial charge < -0.3 is 15.0 Å². The fourth-order valence-corrected chi connectivity index (χ4v) is 2.65. The number of nitrogens with one attached hydrogen (secondary N) is 2. The predicted octanol–water partition coefficient (Wildman–Crippen LogP) is 3.06. The molecule has 4 nitrogen and oxygen atoms in total. The Hall–Kier alpha value is -1.55. The van der Waals surface area contributed by atoms with Crippen LogP contribution in [0.2, 0.25) is 0 Å². The van der Waals surface area contributed by atoms with Crippen LogP contribution >= 0.6 is 0 Å². The highest BCUT2D eigenvalue weighted by Crippen LogP contribution is 2.22. The Bertz CT molecular complexity index is 570. The lowest BCUT2D eigenvalue weighted by Crippen LogP contribution is -2.33. The van der Waals surface area contributed by atoms with Gasteiger partial charge in [0, 0.05) is 24.4 Å². The molecule has 0 amide bonds. The van der Waals surface area contributed by atoms with E-state index in [4.69, 9.17) is 4.74 Å². The maximum atomic E-state index is 5.94. The Morgan fingerprint density at radius 2 is 2.30 bits per heavy atom. The molecule has 0 radical (unpaired) electrons. The Morgan fingerprint density at radius 1 is 1.40 bits per heavy atom. The number of hydrogen-bond acceptors (Lipinski definition) is 3. The number of H-pyrrole nitrogens is 1. The zero-order valence-electron chi connectivity index (χ0n) is 12.3. The van der Waals surface area contributed by atoms with Crippen LogP contribution in [0.15, 0.2) is 18.2 Å². The average molecular weight is 273 g/mol. The molecule has 1 saturated heterocycles. The highest BCUT2D eigenvalue weighted by Gasteiger charge is 2.14. The molecular formula is C16H23N3O. The van der Waals surface area contributed by atoms with E-state index in [1.807, 2.05) is 12.1 Å². The van der Waals surface area contributed by atoms with Gasteiger partial charge in [-0.2, -0.15) is 0 Å². The van der Waals surface area contributed by atoms with Gasteiger partial charge in [0.15, 0.2) is 0 Å². The lowest BCUT2D eigenvalue weighted by molar-refractivity contribution is 0.218. The number of piperidine rings is 1. The van der Waals surface area contributed by atoms with E-state index in [0.29, 0.717) is 11.8 Å². The van der Waals surface area contributed by atoms with Gasteiger partial charge >= 0.3 is 0 Å². The van der Waals surface area contributed by atoms with Crippen molar-refractivity contribution in [1.29, 1.82) is 0 Å². The van der Waals surface area contributed by atoms with Gasteiger partial charge in [0.05, 0.1) is 17.6 Å². The van der Waals surface area contributed by atoms with Crippen LogP contribution in [0.3, 0.4) is 0 Å². The van der Waals surface area contributed by atoms with Gasteiger partial charge in [0.2, 0.25) is 0 Å². The highest BCUT2D eigenvalue weighted by molar-refractivity contribution is 5.76. The SMILES string of the molecule is CC(C)c1nc2ccc(OCC3CCCNC3)cc2[nH]1. The summed E-state index contributed by atoms with van der Waals surface area (Å²) in [6.07, 6.45) is 2.52. The van der Waals surface area contributed by atoms with E-state index < -0.39 is 0 Å². The third-order valence-electron chi connectivity index (χ3n) is 3.90.